The maximum atomic E-state index is 4.61. The summed E-state index contributed by atoms with van der Waals surface area (Å²) in [5.41, 5.74) is 5.05. The average molecular weight is 342 g/mol. The fourth-order valence-corrected chi connectivity index (χ4v) is 3.43. The van der Waals surface area contributed by atoms with Gasteiger partial charge in [0.15, 0.2) is 0 Å². The summed E-state index contributed by atoms with van der Waals surface area (Å²) in [6.07, 6.45) is 9.17. The Bertz CT molecular complexity index is 570. The number of unbranched alkanes of at least 4 members (excludes halogenated alkanes) is 1. The molecule has 0 spiro atoms. The molecule has 3 nitrogen and oxygen atoms in total. The van der Waals surface area contributed by atoms with Gasteiger partial charge < -0.3 is 5.32 Å². The van der Waals surface area contributed by atoms with Crippen molar-refractivity contribution in [3.63, 3.8) is 0 Å². The Labute approximate surface area is 154 Å². The van der Waals surface area contributed by atoms with Gasteiger partial charge in [-0.05, 0) is 69.3 Å². The summed E-state index contributed by atoms with van der Waals surface area (Å²) in [5, 5.41) is 3.54. The van der Waals surface area contributed by atoms with Crippen molar-refractivity contribution in [3.05, 3.63) is 53.4 Å². The molecule has 1 N–H and O–H groups in total. The molecular formula is C22H35N3. The second kappa shape index (κ2) is 10.5. The molecule has 1 aliphatic heterocycles. The first-order chi connectivity index (χ1) is 12.1. The van der Waals surface area contributed by atoms with Gasteiger partial charge in [-0.3, -0.25) is 9.88 Å². The second-order valence-corrected chi connectivity index (χ2v) is 7.43. The molecule has 25 heavy (non-hydrogen) atoms. The predicted octanol–water partition coefficient (Wildman–Crippen LogP) is 4.49. The average Bonchev–Trinajstić information content (AvgIpc) is 2.62. The Hall–Kier alpha value is -1.45. The fourth-order valence-electron chi connectivity index (χ4n) is 3.43. The lowest BCUT2D eigenvalue weighted by atomic mass is 9.98. The molecule has 0 aromatic carbocycles. The molecule has 138 valence electrons. The van der Waals surface area contributed by atoms with Crippen LogP contribution in [-0.4, -0.2) is 36.1 Å². The van der Waals surface area contributed by atoms with Gasteiger partial charge >= 0.3 is 0 Å². The fraction of sp³-hybridized carbons (Fsp3) is 0.591. The predicted molar refractivity (Wildman–Crippen MR) is 108 cm³/mol. The molecule has 0 radical (unpaired) electrons. The first-order valence-corrected chi connectivity index (χ1v) is 9.78. The molecule has 1 saturated heterocycles. The summed E-state index contributed by atoms with van der Waals surface area (Å²) in [5.74, 6) is 0.727. The van der Waals surface area contributed by atoms with Crippen LogP contribution >= 0.6 is 0 Å². The smallest absolute Gasteiger partial charge is 0.0573 e. The van der Waals surface area contributed by atoms with E-state index in [4.69, 9.17) is 0 Å². The molecule has 1 aromatic heterocycles. The third-order valence-electron chi connectivity index (χ3n) is 5.12. The SMILES string of the molecule is C=C(CN(Cc1ncccc1C)CC1CCCNC1)/C(C)=C\CCC. The lowest BCUT2D eigenvalue weighted by molar-refractivity contribution is 0.213. The Morgan fingerprint density at radius 1 is 1.48 bits per heavy atom. The van der Waals surface area contributed by atoms with Crippen LogP contribution in [0.25, 0.3) is 0 Å². The standard InChI is InChI=1S/C22H35N3/c1-5-6-9-18(2)20(4)15-25(16-21-11-8-12-23-14-21)17-22-19(3)10-7-13-24-22/h7,9-10,13,21,23H,4-6,8,11-12,14-17H2,1-3H3/b18-9-. The van der Waals surface area contributed by atoms with Crippen molar-refractivity contribution in [1.29, 1.82) is 0 Å². The number of pyridine rings is 1. The van der Waals surface area contributed by atoms with Gasteiger partial charge in [-0.25, -0.2) is 0 Å². The van der Waals surface area contributed by atoms with Gasteiger partial charge in [-0.1, -0.05) is 37.6 Å². The zero-order valence-electron chi connectivity index (χ0n) is 16.4. The van der Waals surface area contributed by atoms with E-state index >= 15 is 0 Å². The van der Waals surface area contributed by atoms with Crippen molar-refractivity contribution in [2.24, 2.45) is 5.92 Å². The van der Waals surface area contributed by atoms with E-state index in [0.717, 1.165) is 38.5 Å². The molecule has 2 heterocycles. The highest BCUT2D eigenvalue weighted by atomic mass is 15.1. The Morgan fingerprint density at radius 2 is 2.32 bits per heavy atom. The molecular weight excluding hydrogens is 306 g/mol. The third kappa shape index (κ3) is 6.75. The number of aromatic nitrogens is 1. The van der Waals surface area contributed by atoms with Crippen molar-refractivity contribution in [3.8, 4) is 0 Å². The monoisotopic (exact) mass is 341 g/mol. The normalized spacial score (nSPS) is 18.6. The first kappa shape index (κ1) is 19.9. The van der Waals surface area contributed by atoms with Crippen LogP contribution in [0.2, 0.25) is 0 Å². The molecule has 1 fully saturated rings. The highest BCUT2D eigenvalue weighted by Gasteiger charge is 2.19. The molecule has 1 aromatic rings. The van der Waals surface area contributed by atoms with E-state index in [1.54, 1.807) is 0 Å². The van der Waals surface area contributed by atoms with Crippen LogP contribution in [0.5, 0.6) is 0 Å². The number of piperidine rings is 1. The molecule has 0 saturated carbocycles. The van der Waals surface area contributed by atoms with E-state index in [-0.39, 0.29) is 0 Å². The summed E-state index contributed by atoms with van der Waals surface area (Å²) < 4.78 is 0. The maximum absolute atomic E-state index is 4.61. The largest absolute Gasteiger partial charge is 0.316 e. The molecule has 0 bridgehead atoms. The van der Waals surface area contributed by atoms with Crippen LogP contribution in [0.4, 0.5) is 0 Å². The first-order valence-electron chi connectivity index (χ1n) is 9.78. The van der Waals surface area contributed by atoms with Crippen molar-refractivity contribution in [1.82, 2.24) is 15.2 Å². The van der Waals surface area contributed by atoms with Crippen LogP contribution < -0.4 is 5.32 Å². The van der Waals surface area contributed by atoms with Crippen LogP contribution in [0.1, 0.15) is 50.8 Å². The van der Waals surface area contributed by atoms with Crippen molar-refractivity contribution >= 4 is 0 Å². The topological polar surface area (TPSA) is 28.2 Å². The minimum atomic E-state index is 0.727. The van der Waals surface area contributed by atoms with Gasteiger partial charge in [0.1, 0.15) is 0 Å². The van der Waals surface area contributed by atoms with E-state index in [0.29, 0.717) is 0 Å². The van der Waals surface area contributed by atoms with Gasteiger partial charge in [0, 0.05) is 25.8 Å². The van der Waals surface area contributed by atoms with E-state index < -0.39 is 0 Å². The van der Waals surface area contributed by atoms with E-state index in [1.165, 1.54) is 48.2 Å². The number of rotatable bonds is 9. The number of allylic oxidation sites excluding steroid dienone is 1. The molecule has 1 atom stereocenters. The summed E-state index contributed by atoms with van der Waals surface area (Å²) >= 11 is 0. The molecule has 2 rings (SSSR count). The van der Waals surface area contributed by atoms with Crippen LogP contribution in [-0.2, 0) is 6.54 Å². The van der Waals surface area contributed by atoms with E-state index in [9.17, 15) is 0 Å². The highest BCUT2D eigenvalue weighted by Crippen LogP contribution is 2.18. The summed E-state index contributed by atoms with van der Waals surface area (Å²) in [6.45, 7) is 16.2. The quantitative estimate of drug-likeness (QED) is 0.671. The lowest BCUT2D eigenvalue weighted by Gasteiger charge is -2.31. The van der Waals surface area contributed by atoms with Crippen molar-refractivity contribution in [2.45, 2.75) is 53.0 Å². The molecule has 1 aliphatic rings. The Morgan fingerprint density at radius 3 is 3.00 bits per heavy atom. The van der Waals surface area contributed by atoms with Crippen LogP contribution in [0.15, 0.2) is 42.1 Å². The zero-order valence-corrected chi connectivity index (χ0v) is 16.4. The second-order valence-electron chi connectivity index (χ2n) is 7.43. The van der Waals surface area contributed by atoms with E-state index in [2.05, 4.69) is 54.7 Å². The molecule has 1 unspecified atom stereocenters. The van der Waals surface area contributed by atoms with Gasteiger partial charge in [0.25, 0.3) is 0 Å². The van der Waals surface area contributed by atoms with Gasteiger partial charge in [-0.2, -0.15) is 0 Å². The van der Waals surface area contributed by atoms with E-state index in [1.807, 2.05) is 12.3 Å². The number of nitrogens with zero attached hydrogens (tertiary/aromatic N) is 2. The maximum Gasteiger partial charge on any atom is 0.0573 e. The number of hydrogen-bond acceptors (Lipinski definition) is 3. The number of hydrogen-bond donors (Lipinski definition) is 1. The Kier molecular flexibility index (Phi) is 8.36. The zero-order chi connectivity index (χ0) is 18.1. The summed E-state index contributed by atoms with van der Waals surface area (Å²) in [7, 11) is 0. The Balaban J connectivity index is 2.05. The minimum absolute atomic E-state index is 0.727. The van der Waals surface area contributed by atoms with Gasteiger partial charge in [-0.15, -0.1) is 0 Å². The van der Waals surface area contributed by atoms with Gasteiger partial charge in [0.2, 0.25) is 0 Å². The number of nitrogens with one attached hydrogen (secondary N) is 1. The van der Waals surface area contributed by atoms with Crippen LogP contribution in [0, 0.1) is 12.8 Å². The lowest BCUT2D eigenvalue weighted by Crippen LogP contribution is -2.39. The molecule has 3 heteroatoms. The molecule has 0 amide bonds. The van der Waals surface area contributed by atoms with Crippen molar-refractivity contribution in [2.75, 3.05) is 26.2 Å². The summed E-state index contributed by atoms with van der Waals surface area (Å²) in [4.78, 5) is 7.15. The molecule has 0 aliphatic carbocycles. The van der Waals surface area contributed by atoms with Crippen molar-refractivity contribution < 1.29 is 0 Å². The third-order valence-corrected chi connectivity index (χ3v) is 5.12. The van der Waals surface area contributed by atoms with Crippen LogP contribution in [0.3, 0.4) is 0 Å². The van der Waals surface area contributed by atoms with Gasteiger partial charge in [0.05, 0.1) is 5.69 Å². The highest BCUT2D eigenvalue weighted by molar-refractivity contribution is 5.27. The summed E-state index contributed by atoms with van der Waals surface area (Å²) in [6, 6.07) is 4.18. The minimum Gasteiger partial charge on any atom is -0.316 e. The number of aryl methyl sites for hydroxylation is 1.